The zero-order valence-electron chi connectivity index (χ0n) is 8.50. The first kappa shape index (κ1) is 9.83. The molecule has 4 heteroatoms. The summed E-state index contributed by atoms with van der Waals surface area (Å²) in [5, 5.41) is 0. The highest BCUT2D eigenvalue weighted by Gasteiger charge is 2.05. The molecule has 15 heavy (non-hydrogen) atoms. The molecule has 0 saturated heterocycles. The van der Waals surface area contributed by atoms with Gasteiger partial charge >= 0.3 is 0 Å². The number of aryl methyl sites for hydroxylation is 1. The van der Waals surface area contributed by atoms with Gasteiger partial charge in [-0.05, 0) is 11.6 Å². The van der Waals surface area contributed by atoms with E-state index in [1.54, 1.807) is 12.3 Å². The molecule has 0 aliphatic carbocycles. The Labute approximate surface area is 87.4 Å². The summed E-state index contributed by atoms with van der Waals surface area (Å²) in [6.45, 7) is 2.02. The zero-order valence-corrected chi connectivity index (χ0v) is 8.50. The van der Waals surface area contributed by atoms with Crippen LogP contribution < -0.4 is 0 Å². The van der Waals surface area contributed by atoms with Gasteiger partial charge in [0.2, 0.25) is 0 Å². The van der Waals surface area contributed by atoms with E-state index in [-0.39, 0.29) is 5.82 Å². The Balaban J connectivity index is 2.18. The molecule has 0 unspecified atom stereocenters. The Morgan fingerprint density at radius 1 is 1.47 bits per heavy atom. The molecule has 0 fully saturated rings. The van der Waals surface area contributed by atoms with E-state index in [1.807, 2.05) is 13.1 Å². The Morgan fingerprint density at radius 3 is 3.00 bits per heavy atom. The minimum Gasteiger partial charge on any atom is -0.348 e. The van der Waals surface area contributed by atoms with Crippen molar-refractivity contribution in [3.05, 3.63) is 47.6 Å². The van der Waals surface area contributed by atoms with Crippen LogP contribution in [0.4, 0.5) is 4.39 Å². The van der Waals surface area contributed by atoms with Gasteiger partial charge in [-0.3, -0.25) is 4.98 Å². The molecule has 0 aliphatic rings. The summed E-state index contributed by atoms with van der Waals surface area (Å²) >= 11 is 0. The van der Waals surface area contributed by atoms with Crippen molar-refractivity contribution >= 4 is 0 Å². The maximum absolute atomic E-state index is 13.3. The third-order valence-corrected chi connectivity index (χ3v) is 2.25. The van der Waals surface area contributed by atoms with E-state index in [9.17, 15) is 4.39 Å². The maximum Gasteiger partial charge on any atom is 0.145 e. The van der Waals surface area contributed by atoms with Crippen molar-refractivity contribution in [2.45, 2.75) is 19.8 Å². The molecular weight excluding hydrogens is 193 g/mol. The summed E-state index contributed by atoms with van der Waals surface area (Å²) in [6, 6.07) is 1.68. The number of hydrogen-bond acceptors (Lipinski definition) is 2. The largest absolute Gasteiger partial charge is 0.348 e. The summed E-state index contributed by atoms with van der Waals surface area (Å²) in [6.07, 6.45) is 6.00. The molecule has 0 saturated carbocycles. The van der Waals surface area contributed by atoms with Crippen LogP contribution in [0.25, 0.3) is 0 Å². The van der Waals surface area contributed by atoms with Crippen LogP contribution in [0.1, 0.15) is 24.0 Å². The van der Waals surface area contributed by atoms with Crippen LogP contribution in [0.5, 0.6) is 0 Å². The topological polar surface area (TPSA) is 41.6 Å². The number of nitrogens with one attached hydrogen (secondary N) is 1. The van der Waals surface area contributed by atoms with Crippen LogP contribution in [0, 0.1) is 5.82 Å². The van der Waals surface area contributed by atoms with Crippen molar-refractivity contribution in [2.24, 2.45) is 0 Å². The van der Waals surface area contributed by atoms with Gasteiger partial charge in [-0.1, -0.05) is 6.92 Å². The second-order valence-corrected chi connectivity index (χ2v) is 3.34. The Hall–Kier alpha value is -1.71. The van der Waals surface area contributed by atoms with Gasteiger partial charge in [0.1, 0.15) is 11.6 Å². The van der Waals surface area contributed by atoms with Crippen LogP contribution in [-0.4, -0.2) is 15.0 Å². The number of hydrogen-bond donors (Lipinski definition) is 1. The van der Waals surface area contributed by atoms with E-state index in [0.717, 1.165) is 17.9 Å². The van der Waals surface area contributed by atoms with Gasteiger partial charge in [0.25, 0.3) is 0 Å². The van der Waals surface area contributed by atoms with Gasteiger partial charge in [0.05, 0.1) is 11.9 Å². The minimum atomic E-state index is -0.279. The molecule has 0 spiro atoms. The van der Waals surface area contributed by atoms with Gasteiger partial charge in [0, 0.05) is 25.2 Å². The first-order valence-electron chi connectivity index (χ1n) is 4.91. The Morgan fingerprint density at radius 2 is 2.33 bits per heavy atom. The van der Waals surface area contributed by atoms with Crippen molar-refractivity contribution in [1.82, 2.24) is 15.0 Å². The fraction of sp³-hybridized carbons (Fsp3) is 0.273. The van der Waals surface area contributed by atoms with Gasteiger partial charge in [-0.2, -0.15) is 0 Å². The third-order valence-electron chi connectivity index (χ3n) is 2.25. The van der Waals surface area contributed by atoms with Gasteiger partial charge in [-0.25, -0.2) is 9.37 Å². The summed E-state index contributed by atoms with van der Waals surface area (Å²) in [7, 11) is 0. The molecule has 0 amide bonds. The number of rotatable bonds is 3. The fourth-order valence-electron chi connectivity index (χ4n) is 1.42. The first-order valence-corrected chi connectivity index (χ1v) is 4.91. The second-order valence-electron chi connectivity index (χ2n) is 3.34. The average molecular weight is 205 g/mol. The lowest BCUT2D eigenvalue weighted by molar-refractivity contribution is 0.606. The smallest absolute Gasteiger partial charge is 0.145 e. The summed E-state index contributed by atoms with van der Waals surface area (Å²) < 4.78 is 13.3. The van der Waals surface area contributed by atoms with Gasteiger partial charge < -0.3 is 4.98 Å². The van der Waals surface area contributed by atoms with Crippen LogP contribution in [0.3, 0.4) is 0 Å². The van der Waals surface area contributed by atoms with Gasteiger partial charge in [-0.15, -0.1) is 0 Å². The van der Waals surface area contributed by atoms with Crippen molar-refractivity contribution in [1.29, 1.82) is 0 Å². The predicted molar refractivity (Wildman–Crippen MR) is 55.0 cm³/mol. The van der Waals surface area contributed by atoms with E-state index in [2.05, 4.69) is 15.0 Å². The maximum atomic E-state index is 13.3. The molecule has 3 nitrogen and oxygen atoms in total. The van der Waals surface area contributed by atoms with Crippen LogP contribution >= 0.6 is 0 Å². The lowest BCUT2D eigenvalue weighted by atomic mass is 10.1. The van der Waals surface area contributed by atoms with Crippen LogP contribution in [0.2, 0.25) is 0 Å². The fourth-order valence-corrected chi connectivity index (χ4v) is 1.42. The molecule has 2 rings (SSSR count). The van der Waals surface area contributed by atoms with Crippen molar-refractivity contribution in [2.75, 3.05) is 0 Å². The first-order chi connectivity index (χ1) is 7.29. The van der Waals surface area contributed by atoms with Crippen molar-refractivity contribution < 1.29 is 4.39 Å². The number of imidazole rings is 1. The normalized spacial score (nSPS) is 10.5. The molecule has 2 heterocycles. The van der Waals surface area contributed by atoms with Crippen LogP contribution in [-0.2, 0) is 12.8 Å². The molecule has 2 aromatic heterocycles. The zero-order chi connectivity index (χ0) is 10.7. The van der Waals surface area contributed by atoms with E-state index in [4.69, 9.17) is 0 Å². The Kier molecular flexibility index (Phi) is 2.76. The summed E-state index contributed by atoms with van der Waals surface area (Å²) in [4.78, 5) is 11.1. The van der Waals surface area contributed by atoms with Crippen molar-refractivity contribution in [3.63, 3.8) is 0 Å². The number of aromatic nitrogens is 3. The minimum absolute atomic E-state index is 0.279. The molecule has 1 N–H and O–H groups in total. The highest BCUT2D eigenvalue weighted by atomic mass is 19.1. The van der Waals surface area contributed by atoms with Crippen molar-refractivity contribution in [3.8, 4) is 0 Å². The molecule has 0 bridgehead atoms. The third kappa shape index (κ3) is 2.21. The predicted octanol–water partition coefficient (Wildman–Crippen LogP) is 2.10. The highest BCUT2D eigenvalue weighted by molar-refractivity contribution is 5.19. The lowest BCUT2D eigenvalue weighted by Gasteiger charge is -1.98. The van der Waals surface area contributed by atoms with Crippen LogP contribution in [0.15, 0.2) is 24.7 Å². The Bertz CT molecular complexity index is 451. The molecule has 78 valence electrons. The quantitative estimate of drug-likeness (QED) is 0.833. The molecule has 0 radical (unpaired) electrons. The monoisotopic (exact) mass is 205 g/mol. The molecule has 0 atom stereocenters. The van der Waals surface area contributed by atoms with Gasteiger partial charge in [0.15, 0.2) is 0 Å². The molecule has 2 aromatic rings. The number of H-pyrrole nitrogens is 1. The summed E-state index contributed by atoms with van der Waals surface area (Å²) in [5.41, 5.74) is 1.48. The molecular formula is C11H12FN3. The number of pyridine rings is 1. The lowest BCUT2D eigenvalue weighted by Crippen LogP contribution is -1.94. The summed E-state index contributed by atoms with van der Waals surface area (Å²) in [5.74, 6) is 0.651. The number of nitrogens with zero attached hydrogens (tertiary/aromatic N) is 2. The molecule has 0 aromatic carbocycles. The average Bonchev–Trinajstić information content (AvgIpc) is 2.69. The van der Waals surface area contributed by atoms with E-state index in [1.165, 1.54) is 6.20 Å². The van der Waals surface area contributed by atoms with E-state index in [0.29, 0.717) is 12.0 Å². The second kappa shape index (κ2) is 4.21. The standard InChI is InChI=1S/C11H12FN3/c1-2-11-14-6-9(15-11)5-8-3-4-13-7-10(8)12/h3-4,6-7H,2,5H2,1H3,(H,14,15). The van der Waals surface area contributed by atoms with E-state index >= 15 is 0 Å². The highest BCUT2D eigenvalue weighted by Crippen LogP contribution is 2.10. The molecule has 0 aliphatic heterocycles. The SMILES string of the molecule is CCc1nc(Cc2ccncc2F)c[nH]1. The number of halogens is 1. The number of aromatic amines is 1. The van der Waals surface area contributed by atoms with E-state index < -0.39 is 0 Å².